The lowest BCUT2D eigenvalue weighted by Gasteiger charge is -2.43. The number of carbonyl (C=O) groups excluding carboxylic acids is 5. The number of ether oxygens (including phenoxy) is 2. The summed E-state index contributed by atoms with van der Waals surface area (Å²) in [4.78, 5) is 84.1. The number of hydrazine groups is 1. The van der Waals surface area contributed by atoms with Gasteiger partial charge in [0.1, 0.15) is 23.0 Å². The molecule has 6 bridgehead atoms. The van der Waals surface area contributed by atoms with Crippen molar-refractivity contribution in [1.82, 2.24) is 45.0 Å². The van der Waals surface area contributed by atoms with Crippen LogP contribution in [0, 0.1) is 11.3 Å². The van der Waals surface area contributed by atoms with Crippen LogP contribution in [0.1, 0.15) is 83.2 Å². The predicted octanol–water partition coefficient (Wildman–Crippen LogP) is 4.73. The number of urea groups is 1. The number of likely N-dealkylation sites (N-methyl/N-ethyl adjacent to an activating group) is 3. The summed E-state index contributed by atoms with van der Waals surface area (Å²) in [6.07, 6.45) is 5.16. The minimum atomic E-state index is -1.13. The second kappa shape index (κ2) is 20.4. The SMILES string of the molecule is C=CC(=O)N(C)[C@@H]1C[C@H]1N(C)C(=O)N(C)[C@H](C(=O)N[C@H]1Cc2nc(cs2)-c2ccc3c(c2)c(c(-c2cccnc2[C@H](C)OC)n3CC)CC(C)(C)COC[C@]2(C(=O)[SiH3])CCCN(N2)C1=O)C(C)C. The number of methoxy groups -OCH3 is 1. The third kappa shape index (κ3) is 10.1. The molecule has 0 unspecified atom stereocenters. The lowest BCUT2D eigenvalue weighted by molar-refractivity contribution is -0.148. The van der Waals surface area contributed by atoms with Gasteiger partial charge in [-0.05, 0) is 86.8 Å². The zero-order valence-corrected chi connectivity index (χ0v) is 44.4. The number of nitrogens with zero attached hydrogens (tertiary/aromatic N) is 7. The number of aryl methyl sites for hydroxylation is 1. The molecule has 2 fully saturated rings. The van der Waals surface area contributed by atoms with Gasteiger partial charge in [-0.3, -0.25) is 24.4 Å². The summed E-state index contributed by atoms with van der Waals surface area (Å²) >= 11 is 1.41. The average Bonchev–Trinajstić information content (AvgIpc) is 3.88. The van der Waals surface area contributed by atoms with Crippen LogP contribution in [0.4, 0.5) is 4.79 Å². The topological polar surface area (TPSA) is 172 Å². The van der Waals surface area contributed by atoms with Crippen LogP contribution in [0.5, 0.6) is 0 Å². The first-order valence-corrected chi connectivity index (χ1v) is 25.6. The Labute approximate surface area is 407 Å². The number of hydrogen-bond donors (Lipinski definition) is 2. The molecule has 6 atom stereocenters. The lowest BCUT2D eigenvalue weighted by Crippen LogP contribution is -2.68. The predicted molar refractivity (Wildman–Crippen MR) is 268 cm³/mol. The number of pyridine rings is 1. The first-order valence-electron chi connectivity index (χ1n) is 23.7. The fourth-order valence-electron chi connectivity index (χ4n) is 10.1. The van der Waals surface area contributed by atoms with Gasteiger partial charge in [0.05, 0.1) is 63.7 Å². The summed E-state index contributed by atoms with van der Waals surface area (Å²) in [5.74, 6) is -1.47. The normalized spacial score (nSPS) is 22.5. The number of rotatable bonds is 12. The van der Waals surface area contributed by atoms with Crippen molar-refractivity contribution in [3.05, 3.63) is 70.8 Å². The molecule has 1 aliphatic carbocycles. The van der Waals surface area contributed by atoms with Gasteiger partial charge in [-0.2, -0.15) is 0 Å². The molecule has 5 heterocycles. The smallest absolute Gasteiger partial charge is 0.320 e. The van der Waals surface area contributed by atoms with Crippen molar-refractivity contribution in [1.29, 1.82) is 0 Å². The molecule has 1 saturated heterocycles. The van der Waals surface area contributed by atoms with E-state index in [0.717, 1.165) is 44.7 Å². The largest absolute Gasteiger partial charge is 0.378 e. The molecule has 2 N–H and O–H groups in total. The highest BCUT2D eigenvalue weighted by molar-refractivity contribution is 7.10. The van der Waals surface area contributed by atoms with E-state index < -0.39 is 34.9 Å². The fourth-order valence-corrected chi connectivity index (χ4v) is 11.5. The van der Waals surface area contributed by atoms with Crippen molar-refractivity contribution in [3.8, 4) is 22.5 Å². The van der Waals surface area contributed by atoms with Gasteiger partial charge in [0.25, 0.3) is 5.91 Å². The Bertz CT molecular complexity index is 2580. The average molecular weight is 968 g/mol. The molecular formula is C50H69N9O7SSi. The van der Waals surface area contributed by atoms with Crippen LogP contribution in [0.3, 0.4) is 0 Å². The van der Waals surface area contributed by atoms with Crippen molar-refractivity contribution in [2.75, 3.05) is 48.0 Å². The second-order valence-electron chi connectivity index (χ2n) is 19.9. The molecular weight excluding hydrogens is 899 g/mol. The Kier molecular flexibility index (Phi) is 15.2. The van der Waals surface area contributed by atoms with Gasteiger partial charge in [0.15, 0.2) is 0 Å². The quantitative estimate of drug-likeness (QED) is 0.150. The van der Waals surface area contributed by atoms with E-state index in [9.17, 15) is 24.0 Å². The van der Waals surface area contributed by atoms with Crippen LogP contribution in [-0.4, -0.2) is 151 Å². The summed E-state index contributed by atoms with van der Waals surface area (Å²) < 4.78 is 14.8. The molecule has 5 amide bonds. The number of thiazole rings is 1. The van der Waals surface area contributed by atoms with Gasteiger partial charge < -0.3 is 38.9 Å². The Morgan fingerprint density at radius 3 is 2.53 bits per heavy atom. The first-order chi connectivity index (χ1) is 32.3. The van der Waals surface area contributed by atoms with Gasteiger partial charge in [-0.1, -0.05) is 40.3 Å². The van der Waals surface area contributed by atoms with Crippen molar-refractivity contribution in [3.63, 3.8) is 0 Å². The Morgan fingerprint density at radius 2 is 1.85 bits per heavy atom. The first kappa shape index (κ1) is 50.6. The maximum atomic E-state index is 14.9. The fraction of sp³-hybridized carbons (Fsp3) is 0.540. The number of benzene rings is 1. The van der Waals surface area contributed by atoms with E-state index in [0.29, 0.717) is 50.4 Å². The summed E-state index contributed by atoms with van der Waals surface area (Å²) in [5.41, 5.74) is 8.60. The molecule has 0 radical (unpaired) electrons. The highest BCUT2D eigenvalue weighted by Crippen LogP contribution is 2.42. The number of fused-ring (bicyclic) bond motifs is 6. The summed E-state index contributed by atoms with van der Waals surface area (Å²) in [6.45, 7) is 17.2. The van der Waals surface area contributed by atoms with Crippen LogP contribution in [0.2, 0.25) is 0 Å². The van der Waals surface area contributed by atoms with Gasteiger partial charge in [-0.25, -0.2) is 15.2 Å². The molecule has 1 saturated carbocycles. The summed E-state index contributed by atoms with van der Waals surface area (Å²) in [5, 5.41) is 8.21. The Hall–Kier alpha value is -5.27. The number of nitrogens with one attached hydrogen (secondary N) is 2. The molecule has 3 aromatic heterocycles. The van der Waals surface area contributed by atoms with Crippen molar-refractivity contribution in [2.45, 2.75) is 116 Å². The van der Waals surface area contributed by atoms with Crippen molar-refractivity contribution >= 4 is 61.6 Å². The van der Waals surface area contributed by atoms with E-state index in [1.807, 2.05) is 32.2 Å². The maximum Gasteiger partial charge on any atom is 0.320 e. The van der Waals surface area contributed by atoms with E-state index in [-0.39, 0.29) is 64.7 Å². The van der Waals surface area contributed by atoms with Crippen molar-refractivity contribution < 1.29 is 33.4 Å². The third-order valence-corrected chi connectivity index (χ3v) is 15.9. The zero-order chi connectivity index (χ0) is 49.4. The number of amides is 5. The molecule has 2 aliphatic heterocycles. The molecule has 18 heteroatoms. The Morgan fingerprint density at radius 1 is 1.12 bits per heavy atom. The molecule has 7 rings (SSSR count). The van der Waals surface area contributed by atoms with Crippen molar-refractivity contribution in [2.24, 2.45) is 11.3 Å². The molecule has 1 aromatic carbocycles. The van der Waals surface area contributed by atoms with Gasteiger partial charge in [0.2, 0.25) is 11.8 Å². The van der Waals surface area contributed by atoms with Crippen LogP contribution in [0.15, 0.2) is 54.6 Å². The van der Waals surface area contributed by atoms with E-state index in [2.05, 4.69) is 66.9 Å². The zero-order valence-electron chi connectivity index (χ0n) is 41.6. The molecule has 3 aliphatic rings. The highest BCUT2D eigenvalue weighted by Gasteiger charge is 2.48. The highest BCUT2D eigenvalue weighted by atomic mass is 32.1. The molecule has 16 nitrogen and oxygen atoms in total. The van der Waals surface area contributed by atoms with Crippen LogP contribution in [-0.2, 0) is 48.0 Å². The summed E-state index contributed by atoms with van der Waals surface area (Å²) in [7, 11) is 6.87. The summed E-state index contributed by atoms with van der Waals surface area (Å²) in [6, 6.07) is 7.70. The number of carbonyl (C=O) groups is 5. The van der Waals surface area contributed by atoms with Gasteiger partial charge in [0, 0.05) is 81.4 Å². The Balaban J connectivity index is 1.27. The third-order valence-electron chi connectivity index (χ3n) is 14.1. The minimum Gasteiger partial charge on any atom is -0.378 e. The minimum absolute atomic E-state index is 0.0216. The molecule has 68 heavy (non-hydrogen) atoms. The van der Waals surface area contributed by atoms with E-state index in [4.69, 9.17) is 19.4 Å². The number of aromatic nitrogens is 3. The van der Waals surface area contributed by atoms with Crippen LogP contribution >= 0.6 is 11.3 Å². The van der Waals surface area contributed by atoms with E-state index in [1.165, 1.54) is 27.3 Å². The maximum absolute atomic E-state index is 14.9. The van der Waals surface area contributed by atoms with Gasteiger partial charge >= 0.3 is 6.03 Å². The van der Waals surface area contributed by atoms with E-state index in [1.54, 1.807) is 44.2 Å². The number of hydrogen-bond acceptors (Lipinski definition) is 11. The van der Waals surface area contributed by atoms with E-state index >= 15 is 0 Å². The molecule has 0 spiro atoms. The lowest BCUT2D eigenvalue weighted by atomic mass is 9.84. The molecule has 366 valence electrons. The van der Waals surface area contributed by atoms with Crippen LogP contribution < -0.4 is 10.7 Å². The molecule has 4 aromatic rings. The second-order valence-corrected chi connectivity index (χ2v) is 21.8. The standard InChI is InChI=1S/C50H69N9O7SSi/c1-12-41(60)55(8)38-24-39(38)56(9)48(64)57(10)43(29(3)4)45(61)53-35-23-40-52-36(26-67-40)31-17-18-37-33(22-31)34(44(58(37)13-2)32-16-14-20-51-42(32)30(5)65-11)25-49(6,7)27-66-28-50(47(63)68)19-15-21-59(54-50)46(35)62/h12,14,16-18,20,22,26,29-30,35,38-39,43,54H,1,13,15,19,21,23-25,27-28H2,2-11,68H3,(H,53,61)/t30-,35-,38+,39+,43-,50-/m0/s1. The monoisotopic (exact) mass is 967 g/mol. The van der Waals surface area contributed by atoms with Gasteiger partial charge in [-0.15, -0.1) is 11.3 Å². The van der Waals surface area contributed by atoms with Crippen LogP contribution in [0.25, 0.3) is 33.4 Å².